The van der Waals surface area contributed by atoms with Gasteiger partial charge in [-0.25, -0.2) is 4.79 Å². The first kappa shape index (κ1) is 12.4. The molecule has 2 rings (SSSR count). The Labute approximate surface area is 105 Å². The van der Waals surface area contributed by atoms with E-state index < -0.39 is 12.0 Å². The number of benzene rings is 1. The van der Waals surface area contributed by atoms with Crippen LogP contribution in [0.25, 0.3) is 0 Å². The lowest BCUT2D eigenvalue weighted by atomic mass is 10.0. The molecule has 0 bridgehead atoms. The van der Waals surface area contributed by atoms with Gasteiger partial charge in [0, 0.05) is 13.1 Å². The van der Waals surface area contributed by atoms with Gasteiger partial charge in [-0.1, -0.05) is 24.3 Å². The maximum absolute atomic E-state index is 11.9. The molecule has 5 nitrogen and oxygen atoms in total. The number of aliphatic carboxylic acids is 1. The number of rotatable bonds is 2. The zero-order valence-electron chi connectivity index (χ0n) is 10.2. The van der Waals surface area contributed by atoms with E-state index in [2.05, 4.69) is 11.4 Å². The summed E-state index contributed by atoms with van der Waals surface area (Å²) < 4.78 is 0. The molecule has 0 saturated carbocycles. The lowest BCUT2D eigenvalue weighted by Crippen LogP contribution is -2.48. The molecule has 0 radical (unpaired) electrons. The van der Waals surface area contributed by atoms with Crippen LogP contribution in [-0.4, -0.2) is 34.6 Å². The lowest BCUT2D eigenvalue weighted by Gasteiger charge is -2.29. The Bertz CT molecular complexity index is 473. The number of carbonyl (C=O) groups excluding carboxylic acids is 1. The number of urea groups is 1. The van der Waals surface area contributed by atoms with Gasteiger partial charge in [0.2, 0.25) is 0 Å². The molecule has 1 aliphatic heterocycles. The molecule has 1 aromatic rings. The van der Waals surface area contributed by atoms with Crippen LogP contribution in [0.4, 0.5) is 4.79 Å². The highest BCUT2D eigenvalue weighted by Crippen LogP contribution is 2.18. The van der Waals surface area contributed by atoms with Crippen LogP contribution in [0.1, 0.15) is 18.1 Å². The van der Waals surface area contributed by atoms with Gasteiger partial charge in [-0.2, -0.15) is 0 Å². The Kier molecular flexibility index (Phi) is 3.50. The molecule has 0 spiro atoms. The van der Waals surface area contributed by atoms with E-state index in [0.29, 0.717) is 13.1 Å². The standard InChI is InChI=1S/C13H16N2O3/c1-9(12(16)17)14-13(18)15-7-6-10-4-2-3-5-11(10)8-15/h2-5,9H,6-8H2,1H3,(H,14,18)(H,16,17)/t9-/m1/s1. The molecule has 1 aromatic carbocycles. The Balaban J connectivity index is 2.00. The van der Waals surface area contributed by atoms with Crippen LogP contribution in [0.15, 0.2) is 24.3 Å². The van der Waals surface area contributed by atoms with Crippen molar-refractivity contribution in [1.82, 2.24) is 10.2 Å². The Morgan fingerprint density at radius 3 is 2.67 bits per heavy atom. The number of carboxylic acids is 1. The number of fused-ring (bicyclic) bond motifs is 1. The summed E-state index contributed by atoms with van der Waals surface area (Å²) in [5.74, 6) is -1.03. The lowest BCUT2D eigenvalue weighted by molar-refractivity contribution is -0.138. The van der Waals surface area contributed by atoms with E-state index in [1.165, 1.54) is 12.5 Å². The van der Waals surface area contributed by atoms with E-state index in [9.17, 15) is 9.59 Å². The van der Waals surface area contributed by atoms with Crippen LogP contribution in [0.2, 0.25) is 0 Å². The molecule has 5 heteroatoms. The Hall–Kier alpha value is -2.04. The number of hydrogen-bond acceptors (Lipinski definition) is 2. The molecule has 18 heavy (non-hydrogen) atoms. The van der Waals surface area contributed by atoms with Crippen LogP contribution < -0.4 is 5.32 Å². The highest BCUT2D eigenvalue weighted by Gasteiger charge is 2.22. The molecule has 96 valence electrons. The van der Waals surface area contributed by atoms with Crippen molar-refractivity contribution in [3.63, 3.8) is 0 Å². The van der Waals surface area contributed by atoms with Gasteiger partial charge < -0.3 is 15.3 Å². The van der Waals surface area contributed by atoms with Crippen LogP contribution in [-0.2, 0) is 17.8 Å². The van der Waals surface area contributed by atoms with Gasteiger partial charge in [-0.15, -0.1) is 0 Å². The topological polar surface area (TPSA) is 69.6 Å². The first-order valence-electron chi connectivity index (χ1n) is 5.93. The molecule has 0 fully saturated rings. The van der Waals surface area contributed by atoms with E-state index in [-0.39, 0.29) is 6.03 Å². The van der Waals surface area contributed by atoms with E-state index in [4.69, 9.17) is 5.11 Å². The van der Waals surface area contributed by atoms with E-state index in [1.807, 2.05) is 18.2 Å². The smallest absolute Gasteiger partial charge is 0.325 e. The molecule has 2 amide bonds. The molecule has 0 aromatic heterocycles. The van der Waals surface area contributed by atoms with Crippen molar-refractivity contribution < 1.29 is 14.7 Å². The average Bonchev–Trinajstić information content (AvgIpc) is 2.37. The van der Waals surface area contributed by atoms with Gasteiger partial charge in [-0.05, 0) is 24.5 Å². The molecule has 0 unspecified atom stereocenters. The van der Waals surface area contributed by atoms with Crippen LogP contribution in [0.5, 0.6) is 0 Å². The van der Waals surface area contributed by atoms with Gasteiger partial charge in [0.25, 0.3) is 0 Å². The predicted octanol–water partition coefficient (Wildman–Crippen LogP) is 1.23. The van der Waals surface area contributed by atoms with Crippen molar-refractivity contribution in [2.24, 2.45) is 0 Å². The normalized spacial score (nSPS) is 15.7. The van der Waals surface area contributed by atoms with Gasteiger partial charge in [-0.3, -0.25) is 4.79 Å². The first-order chi connectivity index (χ1) is 8.58. The summed E-state index contributed by atoms with van der Waals surface area (Å²) in [6.45, 7) is 2.61. The molecular formula is C13H16N2O3. The third kappa shape index (κ3) is 2.61. The van der Waals surface area contributed by atoms with E-state index in [1.54, 1.807) is 4.90 Å². The SMILES string of the molecule is C[C@@H](NC(=O)N1CCc2ccccc2C1)C(=O)O. The first-order valence-corrected chi connectivity index (χ1v) is 5.93. The van der Waals surface area contributed by atoms with Crippen molar-refractivity contribution in [3.8, 4) is 0 Å². The summed E-state index contributed by atoms with van der Waals surface area (Å²) in [6.07, 6.45) is 0.811. The highest BCUT2D eigenvalue weighted by atomic mass is 16.4. The molecule has 1 aliphatic rings. The number of nitrogens with one attached hydrogen (secondary N) is 1. The fourth-order valence-corrected chi connectivity index (χ4v) is 2.01. The summed E-state index contributed by atoms with van der Waals surface area (Å²) >= 11 is 0. The number of hydrogen-bond donors (Lipinski definition) is 2. The second kappa shape index (κ2) is 5.08. The number of carbonyl (C=O) groups is 2. The van der Waals surface area contributed by atoms with E-state index in [0.717, 1.165) is 12.0 Å². The van der Waals surface area contributed by atoms with E-state index >= 15 is 0 Å². The minimum absolute atomic E-state index is 0.320. The monoisotopic (exact) mass is 248 g/mol. The minimum Gasteiger partial charge on any atom is -0.480 e. The molecule has 0 aliphatic carbocycles. The van der Waals surface area contributed by atoms with Crippen LogP contribution in [0.3, 0.4) is 0 Å². The van der Waals surface area contributed by atoms with Crippen LogP contribution >= 0.6 is 0 Å². The Morgan fingerprint density at radius 1 is 1.33 bits per heavy atom. The molecule has 1 atom stereocenters. The zero-order valence-corrected chi connectivity index (χ0v) is 10.2. The molecule has 0 saturated heterocycles. The summed E-state index contributed by atoms with van der Waals surface area (Å²) in [5, 5.41) is 11.2. The van der Waals surface area contributed by atoms with Crippen molar-refractivity contribution in [2.45, 2.75) is 25.9 Å². The van der Waals surface area contributed by atoms with Gasteiger partial charge in [0.05, 0.1) is 0 Å². The molecule has 2 N–H and O–H groups in total. The fourth-order valence-electron chi connectivity index (χ4n) is 2.01. The fraction of sp³-hybridized carbons (Fsp3) is 0.385. The largest absolute Gasteiger partial charge is 0.480 e. The summed E-state index contributed by atoms with van der Waals surface area (Å²) in [7, 11) is 0. The second-order valence-electron chi connectivity index (χ2n) is 4.45. The van der Waals surface area contributed by atoms with Crippen molar-refractivity contribution >= 4 is 12.0 Å². The van der Waals surface area contributed by atoms with Gasteiger partial charge in [0.1, 0.15) is 6.04 Å². The third-order valence-corrected chi connectivity index (χ3v) is 3.13. The predicted molar refractivity (Wildman–Crippen MR) is 66.2 cm³/mol. The Morgan fingerprint density at radius 2 is 2.00 bits per heavy atom. The van der Waals surface area contributed by atoms with Crippen molar-refractivity contribution in [3.05, 3.63) is 35.4 Å². The summed E-state index contributed by atoms with van der Waals surface area (Å²) in [4.78, 5) is 24.2. The third-order valence-electron chi connectivity index (χ3n) is 3.13. The summed E-state index contributed by atoms with van der Waals surface area (Å²) in [5.41, 5.74) is 2.38. The van der Waals surface area contributed by atoms with Gasteiger partial charge in [0.15, 0.2) is 0 Å². The second-order valence-corrected chi connectivity index (χ2v) is 4.45. The number of amides is 2. The maximum Gasteiger partial charge on any atom is 0.325 e. The zero-order chi connectivity index (χ0) is 13.1. The quantitative estimate of drug-likeness (QED) is 0.827. The average molecular weight is 248 g/mol. The van der Waals surface area contributed by atoms with Gasteiger partial charge >= 0.3 is 12.0 Å². The highest BCUT2D eigenvalue weighted by molar-refractivity contribution is 5.82. The summed E-state index contributed by atoms with van der Waals surface area (Å²) in [6, 6.07) is 6.80. The van der Waals surface area contributed by atoms with Crippen LogP contribution in [0, 0.1) is 0 Å². The van der Waals surface area contributed by atoms with Crippen molar-refractivity contribution in [2.75, 3.05) is 6.54 Å². The number of nitrogens with zero attached hydrogens (tertiary/aromatic N) is 1. The molecule has 1 heterocycles. The van der Waals surface area contributed by atoms with Crippen molar-refractivity contribution in [1.29, 1.82) is 0 Å². The molecular weight excluding hydrogens is 232 g/mol. The number of carboxylic acid groups (broad SMARTS) is 1. The minimum atomic E-state index is -1.03. The maximum atomic E-state index is 11.9.